The van der Waals surface area contributed by atoms with Gasteiger partial charge in [-0.3, -0.25) is 0 Å². The third-order valence-electron chi connectivity index (χ3n) is 1.75. The van der Waals surface area contributed by atoms with Gasteiger partial charge in [0.2, 0.25) is 0 Å². The summed E-state index contributed by atoms with van der Waals surface area (Å²) in [6, 6.07) is 3.36. The molecule has 0 spiro atoms. The van der Waals surface area contributed by atoms with Crippen LogP contribution >= 0.6 is 11.6 Å². The van der Waals surface area contributed by atoms with Crippen LogP contribution in [0.15, 0.2) is 16.5 Å². The van der Waals surface area contributed by atoms with Gasteiger partial charge < -0.3 is 9.52 Å². The van der Waals surface area contributed by atoms with Crippen LogP contribution in [0.1, 0.15) is 38.1 Å². The number of hydrogen-bond acceptors (Lipinski definition) is 2. The van der Waals surface area contributed by atoms with Gasteiger partial charge in [-0.25, -0.2) is 0 Å². The topological polar surface area (TPSA) is 33.4 Å². The number of rotatable bonds is 4. The lowest BCUT2D eigenvalue weighted by Crippen LogP contribution is -1.94. The molecule has 1 N–H and O–H groups in total. The minimum absolute atomic E-state index is 0.334. The van der Waals surface area contributed by atoms with E-state index in [1.807, 2.05) is 0 Å². The van der Waals surface area contributed by atoms with Gasteiger partial charge in [0.1, 0.15) is 11.9 Å². The molecule has 1 unspecified atom stereocenters. The van der Waals surface area contributed by atoms with Crippen molar-refractivity contribution in [1.29, 1.82) is 0 Å². The predicted octanol–water partition coefficient (Wildman–Crippen LogP) is 3.16. The van der Waals surface area contributed by atoms with E-state index in [2.05, 4.69) is 6.92 Å². The monoisotopic (exact) mass is 188 g/mol. The van der Waals surface area contributed by atoms with Crippen LogP contribution in [0.25, 0.3) is 0 Å². The molecule has 1 heterocycles. The van der Waals surface area contributed by atoms with Crippen LogP contribution in [0, 0.1) is 0 Å². The highest BCUT2D eigenvalue weighted by Crippen LogP contribution is 2.23. The number of aliphatic hydroxyl groups is 1. The van der Waals surface area contributed by atoms with Gasteiger partial charge >= 0.3 is 0 Å². The zero-order chi connectivity index (χ0) is 8.97. The van der Waals surface area contributed by atoms with Crippen molar-refractivity contribution in [2.24, 2.45) is 0 Å². The molecule has 0 radical (unpaired) electrons. The molecule has 1 atom stereocenters. The van der Waals surface area contributed by atoms with E-state index in [0.717, 1.165) is 19.3 Å². The molecule has 0 aromatic carbocycles. The van der Waals surface area contributed by atoms with Gasteiger partial charge in [0.05, 0.1) is 0 Å². The number of unbranched alkanes of at least 4 members (excludes halogenated alkanes) is 1. The minimum atomic E-state index is -0.502. The van der Waals surface area contributed by atoms with E-state index in [0.29, 0.717) is 11.0 Å². The summed E-state index contributed by atoms with van der Waals surface area (Å²) in [7, 11) is 0. The van der Waals surface area contributed by atoms with E-state index >= 15 is 0 Å². The van der Waals surface area contributed by atoms with E-state index in [4.69, 9.17) is 16.0 Å². The van der Waals surface area contributed by atoms with Gasteiger partial charge in [0.15, 0.2) is 5.22 Å². The molecule has 0 saturated carbocycles. The summed E-state index contributed by atoms with van der Waals surface area (Å²) in [6.45, 7) is 2.09. The summed E-state index contributed by atoms with van der Waals surface area (Å²) in [5, 5.41) is 9.85. The van der Waals surface area contributed by atoms with E-state index in [-0.39, 0.29) is 0 Å². The summed E-state index contributed by atoms with van der Waals surface area (Å²) in [5.41, 5.74) is 0. The largest absolute Gasteiger partial charge is 0.447 e. The van der Waals surface area contributed by atoms with Crippen molar-refractivity contribution in [3.05, 3.63) is 23.1 Å². The highest BCUT2D eigenvalue weighted by Gasteiger charge is 2.10. The van der Waals surface area contributed by atoms with E-state index in [9.17, 15) is 5.11 Å². The molecule has 2 nitrogen and oxygen atoms in total. The fraction of sp³-hybridized carbons (Fsp3) is 0.556. The lowest BCUT2D eigenvalue weighted by molar-refractivity contribution is 0.137. The van der Waals surface area contributed by atoms with E-state index < -0.39 is 6.10 Å². The van der Waals surface area contributed by atoms with Crippen molar-refractivity contribution in [3.8, 4) is 0 Å². The molecule has 0 aliphatic carbocycles. The molecule has 0 aliphatic rings. The minimum Gasteiger partial charge on any atom is -0.447 e. The maximum atomic E-state index is 9.51. The standard InChI is InChI=1S/C9H13ClO2/c1-2-3-4-7(11)8-5-6-9(10)12-8/h5-7,11H,2-4H2,1H3. The van der Waals surface area contributed by atoms with Gasteiger partial charge in [-0.05, 0) is 30.2 Å². The molecule has 3 heteroatoms. The maximum Gasteiger partial charge on any atom is 0.193 e. The zero-order valence-electron chi connectivity index (χ0n) is 7.09. The third kappa shape index (κ3) is 2.54. The predicted molar refractivity (Wildman–Crippen MR) is 48.2 cm³/mol. The van der Waals surface area contributed by atoms with Crippen molar-refractivity contribution in [1.82, 2.24) is 0 Å². The average molecular weight is 189 g/mol. The highest BCUT2D eigenvalue weighted by atomic mass is 35.5. The zero-order valence-corrected chi connectivity index (χ0v) is 7.84. The Kier molecular flexibility index (Phi) is 3.63. The summed E-state index contributed by atoms with van der Waals surface area (Å²) in [5.74, 6) is 0.563. The van der Waals surface area contributed by atoms with Crippen molar-refractivity contribution in [2.75, 3.05) is 0 Å². The lowest BCUT2D eigenvalue weighted by atomic mass is 10.1. The van der Waals surface area contributed by atoms with Crippen LogP contribution < -0.4 is 0 Å². The molecule has 0 saturated heterocycles. The second kappa shape index (κ2) is 4.53. The quantitative estimate of drug-likeness (QED) is 0.788. The second-order valence-corrected chi connectivity index (χ2v) is 3.17. The van der Waals surface area contributed by atoms with Crippen LogP contribution in [0.5, 0.6) is 0 Å². The van der Waals surface area contributed by atoms with Crippen molar-refractivity contribution >= 4 is 11.6 Å². The fourth-order valence-corrected chi connectivity index (χ4v) is 1.20. The molecule has 1 rings (SSSR count). The van der Waals surface area contributed by atoms with Gasteiger partial charge in [-0.2, -0.15) is 0 Å². The first-order chi connectivity index (χ1) is 5.74. The molecule has 1 aromatic rings. The van der Waals surface area contributed by atoms with Crippen LogP contribution in [0.4, 0.5) is 0 Å². The summed E-state index contributed by atoms with van der Waals surface area (Å²) >= 11 is 5.56. The number of aliphatic hydroxyl groups excluding tert-OH is 1. The Labute approximate surface area is 77.1 Å². The van der Waals surface area contributed by atoms with Crippen molar-refractivity contribution in [3.63, 3.8) is 0 Å². The Hall–Kier alpha value is -0.470. The Morgan fingerprint density at radius 1 is 1.58 bits per heavy atom. The van der Waals surface area contributed by atoms with Crippen molar-refractivity contribution < 1.29 is 9.52 Å². The summed E-state index contributed by atoms with van der Waals surface area (Å²) in [4.78, 5) is 0. The van der Waals surface area contributed by atoms with Gasteiger partial charge in [0.25, 0.3) is 0 Å². The maximum absolute atomic E-state index is 9.51. The Morgan fingerprint density at radius 3 is 2.83 bits per heavy atom. The smallest absolute Gasteiger partial charge is 0.193 e. The summed E-state index contributed by atoms with van der Waals surface area (Å²) in [6.07, 6.45) is 2.31. The highest BCUT2D eigenvalue weighted by molar-refractivity contribution is 6.28. The van der Waals surface area contributed by atoms with Crippen molar-refractivity contribution in [2.45, 2.75) is 32.3 Å². The Balaban J connectivity index is 2.47. The lowest BCUT2D eigenvalue weighted by Gasteiger charge is -2.05. The first-order valence-corrected chi connectivity index (χ1v) is 4.55. The van der Waals surface area contributed by atoms with Crippen LogP contribution in [-0.2, 0) is 0 Å². The molecule has 12 heavy (non-hydrogen) atoms. The normalized spacial score (nSPS) is 13.2. The SMILES string of the molecule is CCCCC(O)c1ccc(Cl)o1. The molecule has 0 amide bonds. The van der Waals surface area contributed by atoms with Crippen LogP contribution in [0.3, 0.4) is 0 Å². The average Bonchev–Trinajstić information content (AvgIpc) is 2.47. The first-order valence-electron chi connectivity index (χ1n) is 4.17. The van der Waals surface area contributed by atoms with Crippen LogP contribution in [0.2, 0.25) is 5.22 Å². The van der Waals surface area contributed by atoms with E-state index in [1.165, 1.54) is 0 Å². The van der Waals surface area contributed by atoms with Gasteiger partial charge in [-0.1, -0.05) is 19.8 Å². The fourth-order valence-electron chi connectivity index (χ4n) is 1.05. The van der Waals surface area contributed by atoms with E-state index in [1.54, 1.807) is 12.1 Å². The number of furan rings is 1. The molecular formula is C9H13ClO2. The Bertz CT molecular complexity index is 232. The van der Waals surface area contributed by atoms with Gasteiger partial charge in [0, 0.05) is 0 Å². The molecular weight excluding hydrogens is 176 g/mol. The first kappa shape index (κ1) is 9.62. The molecule has 0 bridgehead atoms. The number of halogens is 1. The Morgan fingerprint density at radius 2 is 2.33 bits per heavy atom. The molecule has 0 aliphatic heterocycles. The van der Waals surface area contributed by atoms with Gasteiger partial charge in [-0.15, -0.1) is 0 Å². The number of hydrogen-bond donors (Lipinski definition) is 1. The molecule has 1 aromatic heterocycles. The molecule has 68 valence electrons. The summed E-state index contributed by atoms with van der Waals surface area (Å²) < 4.78 is 5.06. The third-order valence-corrected chi connectivity index (χ3v) is 1.96. The second-order valence-electron chi connectivity index (χ2n) is 2.80. The molecule has 0 fully saturated rings. The van der Waals surface area contributed by atoms with Crippen LogP contribution in [-0.4, -0.2) is 5.11 Å².